The van der Waals surface area contributed by atoms with Crippen LogP contribution in [0.25, 0.3) is 11.1 Å². The highest BCUT2D eigenvalue weighted by atomic mass is 19.3. The number of unbranched alkanes of at least 4 members (excludes halogenated alkanes) is 2. The Labute approximate surface area is 165 Å². The molecule has 3 rings (SSSR count). The van der Waals surface area contributed by atoms with E-state index in [1.807, 2.05) is 12.1 Å². The minimum Gasteiger partial charge on any atom is -0.432 e. The Morgan fingerprint density at radius 3 is 2.21 bits per heavy atom. The van der Waals surface area contributed by atoms with Crippen molar-refractivity contribution in [2.75, 3.05) is 0 Å². The molecule has 0 aliphatic heterocycles. The zero-order valence-electron chi connectivity index (χ0n) is 16.5. The minimum absolute atomic E-state index is 0.425. The van der Waals surface area contributed by atoms with Crippen molar-refractivity contribution in [3.63, 3.8) is 0 Å². The summed E-state index contributed by atoms with van der Waals surface area (Å²) >= 11 is 0. The summed E-state index contributed by atoms with van der Waals surface area (Å²) in [5, 5.41) is 0. The van der Waals surface area contributed by atoms with E-state index in [9.17, 15) is 13.2 Å². The van der Waals surface area contributed by atoms with Gasteiger partial charge in [0.05, 0.1) is 0 Å². The number of hydrogen-bond acceptors (Lipinski definition) is 1. The Hall–Kier alpha value is -1.97. The third kappa shape index (κ3) is 5.52. The van der Waals surface area contributed by atoms with Crippen LogP contribution < -0.4 is 4.74 Å². The Bertz CT molecular complexity index is 734. The fraction of sp³-hybridized carbons (Fsp3) is 0.500. The van der Waals surface area contributed by atoms with Crippen molar-refractivity contribution in [2.45, 2.75) is 70.8 Å². The van der Waals surface area contributed by atoms with Gasteiger partial charge in [-0.3, -0.25) is 0 Å². The van der Waals surface area contributed by atoms with E-state index in [-0.39, 0.29) is 0 Å². The number of benzene rings is 2. The molecular weight excluding hydrogens is 361 g/mol. The van der Waals surface area contributed by atoms with E-state index in [1.165, 1.54) is 69.1 Å². The SMILES string of the molecule is CCCCCC1CCC(c2ccc(-c3ccc(OC(F)F)c(F)c3)cc2)CC1. The zero-order chi connectivity index (χ0) is 19.9. The second-order valence-electron chi connectivity index (χ2n) is 7.86. The molecule has 0 spiro atoms. The van der Waals surface area contributed by atoms with Crippen LogP contribution in [0, 0.1) is 11.7 Å². The van der Waals surface area contributed by atoms with E-state index < -0.39 is 18.2 Å². The topological polar surface area (TPSA) is 9.23 Å². The maximum atomic E-state index is 14.0. The summed E-state index contributed by atoms with van der Waals surface area (Å²) in [5.74, 6) is 0.295. The molecule has 0 aromatic heterocycles. The van der Waals surface area contributed by atoms with Crippen molar-refractivity contribution in [1.29, 1.82) is 0 Å². The Balaban J connectivity index is 1.59. The van der Waals surface area contributed by atoms with Crippen molar-refractivity contribution in [2.24, 2.45) is 5.92 Å². The highest BCUT2D eigenvalue weighted by Crippen LogP contribution is 2.38. The molecule has 0 saturated heterocycles. The van der Waals surface area contributed by atoms with Crippen LogP contribution >= 0.6 is 0 Å². The number of rotatable bonds is 8. The molecule has 0 bridgehead atoms. The van der Waals surface area contributed by atoms with Crippen LogP contribution in [0.3, 0.4) is 0 Å². The van der Waals surface area contributed by atoms with E-state index >= 15 is 0 Å². The third-order valence-corrected chi connectivity index (χ3v) is 5.93. The van der Waals surface area contributed by atoms with Gasteiger partial charge < -0.3 is 4.74 Å². The van der Waals surface area contributed by atoms with E-state index in [0.717, 1.165) is 11.5 Å². The first-order valence-corrected chi connectivity index (χ1v) is 10.4. The van der Waals surface area contributed by atoms with Crippen molar-refractivity contribution in [3.05, 3.63) is 53.8 Å². The summed E-state index contributed by atoms with van der Waals surface area (Å²) in [7, 11) is 0. The van der Waals surface area contributed by atoms with Gasteiger partial charge in [0.25, 0.3) is 0 Å². The van der Waals surface area contributed by atoms with Crippen molar-refractivity contribution in [3.8, 4) is 16.9 Å². The second kappa shape index (κ2) is 9.99. The number of halogens is 3. The van der Waals surface area contributed by atoms with Crippen LogP contribution in [0.2, 0.25) is 0 Å². The van der Waals surface area contributed by atoms with E-state index in [2.05, 4.69) is 23.8 Å². The molecule has 1 nitrogen and oxygen atoms in total. The van der Waals surface area contributed by atoms with E-state index in [4.69, 9.17) is 0 Å². The van der Waals surface area contributed by atoms with Gasteiger partial charge in [0.15, 0.2) is 11.6 Å². The molecule has 1 aliphatic carbocycles. The Morgan fingerprint density at radius 2 is 1.61 bits per heavy atom. The molecule has 2 aromatic carbocycles. The average molecular weight is 390 g/mol. The molecule has 0 N–H and O–H groups in total. The van der Waals surface area contributed by atoms with Gasteiger partial charge >= 0.3 is 6.61 Å². The molecule has 152 valence electrons. The van der Waals surface area contributed by atoms with Crippen LogP contribution in [-0.4, -0.2) is 6.61 Å². The summed E-state index contributed by atoms with van der Waals surface area (Å²) in [6, 6.07) is 12.3. The van der Waals surface area contributed by atoms with Gasteiger partial charge in [0, 0.05) is 0 Å². The fourth-order valence-corrected chi connectivity index (χ4v) is 4.29. The highest BCUT2D eigenvalue weighted by molar-refractivity contribution is 5.64. The number of hydrogen-bond donors (Lipinski definition) is 0. The Kier molecular flexibility index (Phi) is 7.41. The molecule has 2 aromatic rings. The second-order valence-corrected chi connectivity index (χ2v) is 7.86. The summed E-state index contributed by atoms with van der Waals surface area (Å²) < 4.78 is 42.6. The maximum absolute atomic E-state index is 14.0. The summed E-state index contributed by atoms with van der Waals surface area (Å²) in [6.45, 7) is -0.776. The number of alkyl halides is 2. The largest absolute Gasteiger partial charge is 0.432 e. The first kappa shape index (κ1) is 20.8. The smallest absolute Gasteiger partial charge is 0.387 e. The molecule has 1 fully saturated rings. The monoisotopic (exact) mass is 390 g/mol. The van der Waals surface area contributed by atoms with Gasteiger partial charge in [-0.05, 0) is 66.3 Å². The molecule has 0 unspecified atom stereocenters. The fourth-order valence-electron chi connectivity index (χ4n) is 4.29. The number of ether oxygens (including phenoxy) is 1. The van der Waals surface area contributed by atoms with Gasteiger partial charge in [-0.1, -0.05) is 62.9 Å². The molecule has 1 aliphatic rings. The minimum atomic E-state index is -3.03. The van der Waals surface area contributed by atoms with Crippen LogP contribution in [0.15, 0.2) is 42.5 Å². The van der Waals surface area contributed by atoms with Crippen LogP contribution in [0.5, 0.6) is 5.75 Å². The van der Waals surface area contributed by atoms with Gasteiger partial charge in [-0.25, -0.2) is 4.39 Å². The quantitative estimate of drug-likeness (QED) is 0.416. The molecule has 0 atom stereocenters. The molecular formula is C24H29F3O. The first-order valence-electron chi connectivity index (χ1n) is 10.4. The highest BCUT2D eigenvalue weighted by Gasteiger charge is 2.22. The lowest BCUT2D eigenvalue weighted by Gasteiger charge is -2.29. The lowest BCUT2D eigenvalue weighted by molar-refractivity contribution is -0.0521. The summed E-state index contributed by atoms with van der Waals surface area (Å²) in [5.41, 5.74) is 2.87. The predicted octanol–water partition coefficient (Wildman–Crippen LogP) is 7.95. The van der Waals surface area contributed by atoms with Crippen LogP contribution in [-0.2, 0) is 0 Å². The molecule has 0 amide bonds. The van der Waals surface area contributed by atoms with Crippen molar-refractivity contribution in [1.82, 2.24) is 0 Å². The molecule has 1 saturated carbocycles. The van der Waals surface area contributed by atoms with Crippen molar-refractivity contribution < 1.29 is 17.9 Å². The first-order chi connectivity index (χ1) is 13.6. The lowest BCUT2D eigenvalue weighted by Crippen LogP contribution is -2.13. The average Bonchev–Trinajstić information content (AvgIpc) is 2.70. The maximum Gasteiger partial charge on any atom is 0.387 e. The molecule has 4 heteroatoms. The molecule has 0 radical (unpaired) electrons. The Morgan fingerprint density at radius 1 is 0.929 bits per heavy atom. The molecule has 0 heterocycles. The predicted molar refractivity (Wildman–Crippen MR) is 107 cm³/mol. The zero-order valence-corrected chi connectivity index (χ0v) is 16.5. The van der Waals surface area contributed by atoms with Crippen molar-refractivity contribution >= 4 is 0 Å². The normalized spacial score (nSPS) is 19.8. The van der Waals surface area contributed by atoms with Gasteiger partial charge in [0.1, 0.15) is 0 Å². The van der Waals surface area contributed by atoms with E-state index in [1.54, 1.807) is 6.07 Å². The third-order valence-electron chi connectivity index (χ3n) is 5.93. The van der Waals surface area contributed by atoms with Crippen LogP contribution in [0.4, 0.5) is 13.2 Å². The van der Waals surface area contributed by atoms with Crippen LogP contribution in [0.1, 0.15) is 69.8 Å². The van der Waals surface area contributed by atoms with Gasteiger partial charge in [-0.2, -0.15) is 8.78 Å². The summed E-state index contributed by atoms with van der Waals surface area (Å²) in [4.78, 5) is 0. The lowest BCUT2D eigenvalue weighted by atomic mass is 9.77. The molecule has 28 heavy (non-hydrogen) atoms. The standard InChI is InChI=1S/C24H29F3O/c1-2-3-4-5-17-6-8-18(9-7-17)19-10-12-20(13-11-19)21-14-15-23(22(25)16-21)28-24(26)27/h10-18,24H,2-9H2,1H3. The van der Waals surface area contributed by atoms with Gasteiger partial charge in [-0.15, -0.1) is 0 Å². The van der Waals surface area contributed by atoms with Gasteiger partial charge in [0.2, 0.25) is 0 Å². The van der Waals surface area contributed by atoms with E-state index in [0.29, 0.717) is 11.5 Å². The summed E-state index contributed by atoms with van der Waals surface area (Å²) in [6.07, 6.45) is 10.5.